The van der Waals surface area contributed by atoms with Crippen LogP contribution in [0.15, 0.2) is 36.2 Å². The maximum atomic E-state index is 12.7. The summed E-state index contributed by atoms with van der Waals surface area (Å²) in [4.78, 5) is 0. The molecule has 0 N–H and O–H groups in total. The monoisotopic (exact) mass is 172 g/mol. The average molecular weight is 172 g/mol. The predicted molar refractivity (Wildman–Crippen MR) is 39.4 cm³/mol. The standard InChI is InChI=1S/C9H7F3/c10-6-2-1-3-7-8(5-4-6)9(7,11)12/h1-5,7-8H/b3-1-,5-4?,6-2?. The fourth-order valence-corrected chi connectivity index (χ4v) is 1.39. The van der Waals surface area contributed by atoms with Gasteiger partial charge in [-0.05, 0) is 12.2 Å². The SMILES string of the molecule is FC1=C/C=C\C2C(C=C1)C2(F)F. The zero-order valence-corrected chi connectivity index (χ0v) is 6.18. The van der Waals surface area contributed by atoms with Gasteiger partial charge in [0.25, 0.3) is 5.92 Å². The topological polar surface area (TPSA) is 0 Å². The second-order valence-electron chi connectivity index (χ2n) is 3.02. The quantitative estimate of drug-likeness (QED) is 0.527. The van der Waals surface area contributed by atoms with Gasteiger partial charge in [0.15, 0.2) is 0 Å². The van der Waals surface area contributed by atoms with E-state index >= 15 is 0 Å². The van der Waals surface area contributed by atoms with Crippen molar-refractivity contribution >= 4 is 0 Å². The lowest BCUT2D eigenvalue weighted by atomic mass is 10.2. The third-order valence-corrected chi connectivity index (χ3v) is 2.20. The molecule has 1 saturated carbocycles. The van der Waals surface area contributed by atoms with Gasteiger partial charge in [-0.2, -0.15) is 0 Å². The Hall–Kier alpha value is -0.990. The van der Waals surface area contributed by atoms with Gasteiger partial charge in [-0.25, -0.2) is 13.2 Å². The summed E-state index contributed by atoms with van der Waals surface area (Å²) in [7, 11) is 0. The lowest BCUT2D eigenvalue weighted by molar-refractivity contribution is 0.0969. The van der Waals surface area contributed by atoms with Gasteiger partial charge in [0.1, 0.15) is 5.83 Å². The molecule has 0 aromatic carbocycles. The zero-order chi connectivity index (χ0) is 8.77. The van der Waals surface area contributed by atoms with E-state index < -0.39 is 23.6 Å². The first-order chi connectivity index (χ1) is 5.62. The average Bonchev–Trinajstić information content (AvgIpc) is 2.44. The van der Waals surface area contributed by atoms with Crippen LogP contribution in [0.25, 0.3) is 0 Å². The van der Waals surface area contributed by atoms with Crippen molar-refractivity contribution in [3.05, 3.63) is 36.2 Å². The maximum Gasteiger partial charge on any atom is 0.262 e. The summed E-state index contributed by atoms with van der Waals surface area (Å²) in [5, 5.41) is 0. The molecule has 2 atom stereocenters. The summed E-state index contributed by atoms with van der Waals surface area (Å²) >= 11 is 0. The Kier molecular flexibility index (Phi) is 1.43. The molecule has 0 heterocycles. The molecule has 0 nitrogen and oxygen atoms in total. The molecule has 0 aliphatic heterocycles. The summed E-state index contributed by atoms with van der Waals surface area (Å²) in [6, 6.07) is 0. The maximum absolute atomic E-state index is 12.7. The lowest BCUT2D eigenvalue weighted by Gasteiger charge is -1.87. The molecule has 0 spiro atoms. The van der Waals surface area contributed by atoms with Crippen molar-refractivity contribution in [3.8, 4) is 0 Å². The molecular formula is C9H7F3. The summed E-state index contributed by atoms with van der Waals surface area (Å²) in [6.07, 6.45) is 6.22. The normalized spacial score (nSPS) is 39.1. The van der Waals surface area contributed by atoms with Gasteiger partial charge in [-0.15, -0.1) is 0 Å². The highest BCUT2D eigenvalue weighted by Gasteiger charge is 2.65. The molecule has 12 heavy (non-hydrogen) atoms. The molecule has 2 aliphatic rings. The summed E-state index contributed by atoms with van der Waals surface area (Å²) in [5.41, 5.74) is 0. The molecule has 64 valence electrons. The molecule has 1 fully saturated rings. The number of halogens is 3. The van der Waals surface area contributed by atoms with Crippen LogP contribution in [0.3, 0.4) is 0 Å². The van der Waals surface area contributed by atoms with E-state index in [2.05, 4.69) is 0 Å². The molecular weight excluding hydrogens is 165 g/mol. The first kappa shape index (κ1) is 7.65. The minimum absolute atomic E-state index is 0.479. The highest BCUT2D eigenvalue weighted by Crippen LogP contribution is 2.57. The van der Waals surface area contributed by atoms with Crippen LogP contribution in [0, 0.1) is 11.8 Å². The molecule has 0 saturated heterocycles. The minimum Gasteiger partial charge on any atom is -0.207 e. The van der Waals surface area contributed by atoms with E-state index in [4.69, 9.17) is 0 Å². The van der Waals surface area contributed by atoms with Crippen LogP contribution in [0.4, 0.5) is 13.2 Å². The Balaban J connectivity index is 2.26. The van der Waals surface area contributed by atoms with Crippen molar-refractivity contribution in [1.29, 1.82) is 0 Å². The Morgan fingerprint density at radius 3 is 2.58 bits per heavy atom. The number of rotatable bonds is 0. The Morgan fingerprint density at radius 1 is 1.17 bits per heavy atom. The van der Waals surface area contributed by atoms with Crippen molar-refractivity contribution in [2.45, 2.75) is 5.92 Å². The van der Waals surface area contributed by atoms with E-state index in [1.165, 1.54) is 24.3 Å². The second kappa shape index (κ2) is 2.25. The molecule has 0 bridgehead atoms. The minimum atomic E-state index is -2.66. The Labute approximate surface area is 68.1 Å². The molecule has 0 aromatic rings. The van der Waals surface area contributed by atoms with E-state index in [-0.39, 0.29) is 0 Å². The second-order valence-corrected chi connectivity index (χ2v) is 3.02. The Morgan fingerprint density at radius 2 is 1.83 bits per heavy atom. The van der Waals surface area contributed by atoms with E-state index in [0.29, 0.717) is 0 Å². The third kappa shape index (κ3) is 1.00. The van der Waals surface area contributed by atoms with Gasteiger partial charge in [0.2, 0.25) is 0 Å². The fourth-order valence-electron chi connectivity index (χ4n) is 1.39. The van der Waals surface area contributed by atoms with Crippen molar-refractivity contribution in [2.75, 3.05) is 0 Å². The predicted octanol–water partition coefficient (Wildman–Crippen LogP) is 2.85. The van der Waals surface area contributed by atoms with E-state index in [1.807, 2.05) is 0 Å². The van der Waals surface area contributed by atoms with Crippen LogP contribution >= 0.6 is 0 Å². The van der Waals surface area contributed by atoms with Gasteiger partial charge < -0.3 is 0 Å². The van der Waals surface area contributed by atoms with Crippen LogP contribution in [0.5, 0.6) is 0 Å². The van der Waals surface area contributed by atoms with Crippen LogP contribution in [0.1, 0.15) is 0 Å². The number of allylic oxidation sites excluding steroid dienone is 6. The van der Waals surface area contributed by atoms with Crippen LogP contribution < -0.4 is 0 Å². The molecule has 0 aromatic heterocycles. The summed E-state index contributed by atoms with van der Waals surface area (Å²) in [6.45, 7) is 0. The van der Waals surface area contributed by atoms with Crippen LogP contribution in [0.2, 0.25) is 0 Å². The molecule has 2 aliphatic carbocycles. The molecule has 3 heteroatoms. The van der Waals surface area contributed by atoms with Gasteiger partial charge in [0.05, 0.1) is 11.8 Å². The highest BCUT2D eigenvalue weighted by molar-refractivity contribution is 5.30. The first-order valence-corrected chi connectivity index (χ1v) is 3.72. The van der Waals surface area contributed by atoms with Crippen LogP contribution in [-0.4, -0.2) is 5.92 Å². The van der Waals surface area contributed by atoms with Gasteiger partial charge in [-0.3, -0.25) is 0 Å². The molecule has 0 amide bonds. The van der Waals surface area contributed by atoms with Crippen LogP contribution in [-0.2, 0) is 0 Å². The van der Waals surface area contributed by atoms with Crippen molar-refractivity contribution in [3.63, 3.8) is 0 Å². The van der Waals surface area contributed by atoms with E-state index in [9.17, 15) is 13.2 Å². The van der Waals surface area contributed by atoms with Crippen molar-refractivity contribution in [1.82, 2.24) is 0 Å². The molecule has 2 unspecified atom stereocenters. The fraction of sp³-hybridized carbons (Fsp3) is 0.333. The number of hydrogen-bond donors (Lipinski definition) is 0. The third-order valence-electron chi connectivity index (χ3n) is 2.20. The lowest BCUT2D eigenvalue weighted by Crippen LogP contribution is -1.91. The first-order valence-electron chi connectivity index (χ1n) is 3.72. The summed E-state index contributed by atoms with van der Waals surface area (Å²) < 4.78 is 38.0. The summed E-state index contributed by atoms with van der Waals surface area (Å²) in [5.74, 6) is -4.66. The van der Waals surface area contributed by atoms with E-state index in [0.717, 1.165) is 6.08 Å². The van der Waals surface area contributed by atoms with Gasteiger partial charge in [-0.1, -0.05) is 18.2 Å². The van der Waals surface area contributed by atoms with Gasteiger partial charge >= 0.3 is 0 Å². The van der Waals surface area contributed by atoms with Crippen molar-refractivity contribution < 1.29 is 13.2 Å². The number of fused-ring (bicyclic) bond motifs is 1. The zero-order valence-electron chi connectivity index (χ0n) is 6.18. The Bertz CT molecular complexity index is 286. The molecule has 0 radical (unpaired) electrons. The van der Waals surface area contributed by atoms with Crippen molar-refractivity contribution in [2.24, 2.45) is 11.8 Å². The van der Waals surface area contributed by atoms with Gasteiger partial charge in [0, 0.05) is 0 Å². The van der Waals surface area contributed by atoms with E-state index in [1.54, 1.807) is 0 Å². The number of hydrogen-bond acceptors (Lipinski definition) is 0. The molecule has 2 rings (SSSR count). The number of alkyl halides is 2. The smallest absolute Gasteiger partial charge is 0.207 e. The highest BCUT2D eigenvalue weighted by atomic mass is 19.3. The largest absolute Gasteiger partial charge is 0.262 e.